The number of ketones is 1. The number of rotatable bonds is 3. The van der Waals surface area contributed by atoms with Gasteiger partial charge in [-0.25, -0.2) is 0 Å². The third kappa shape index (κ3) is 5.69. The van der Waals surface area contributed by atoms with E-state index in [1.165, 1.54) is 10.8 Å². The number of ether oxygens (including phenoxy) is 1. The summed E-state index contributed by atoms with van der Waals surface area (Å²) in [5.74, 6) is 0.133. The standard InChI is InChI=1S/C52H71NO9S2/c1-29(2)30(3)42-43(62-42)51(60)17-9-11-32-22-36-37-24-41(57)50(26-39(56)38(55)25-46(36,50)4)45(59)64-63-27-33-10-5-6-16-49(33)44(58)53(28-47(49)14-7-8-15-47)34-20-31(21-35(54)23-34)12-18-48(32)40(51)13-19-52(37,48)61/h9,11,20-21,23-24,29-30,32-33,36,38-40,42-43,45,54-56,59-61H,5-8,10,12-19,22,25-28H2,1-4H3. The predicted molar refractivity (Wildman–Crippen MR) is 248 cm³/mol. The van der Waals surface area contributed by atoms with E-state index in [4.69, 9.17) is 4.74 Å². The van der Waals surface area contributed by atoms with Crippen LogP contribution in [0.4, 0.5) is 5.69 Å². The van der Waals surface area contributed by atoms with Crippen molar-refractivity contribution in [2.24, 2.45) is 62.6 Å². The molecule has 0 aromatic heterocycles. The first-order chi connectivity index (χ1) is 30.4. The normalized spacial score (nSPS) is 48.6. The first-order valence-corrected chi connectivity index (χ1v) is 27.3. The van der Waals surface area contributed by atoms with Crippen LogP contribution in [0, 0.1) is 62.6 Å². The number of hydrogen-bond donors (Lipinski definition) is 6. The fourth-order valence-corrected chi connectivity index (χ4v) is 20.5. The molecule has 5 saturated carbocycles. The van der Waals surface area contributed by atoms with Crippen molar-refractivity contribution >= 4 is 39.0 Å². The molecule has 2 saturated heterocycles. The number of aromatic hydroxyl groups is 1. The summed E-state index contributed by atoms with van der Waals surface area (Å²) in [7, 11) is 2.83. The van der Waals surface area contributed by atoms with Crippen molar-refractivity contribution in [1.82, 2.24) is 0 Å². The van der Waals surface area contributed by atoms with Gasteiger partial charge in [0.25, 0.3) is 0 Å². The summed E-state index contributed by atoms with van der Waals surface area (Å²) < 4.78 is 6.50. The summed E-state index contributed by atoms with van der Waals surface area (Å²) in [4.78, 5) is 33.0. The topological polar surface area (TPSA) is 171 Å². The van der Waals surface area contributed by atoms with Crippen LogP contribution in [0.2, 0.25) is 0 Å². The summed E-state index contributed by atoms with van der Waals surface area (Å²) in [6, 6.07) is 5.64. The second-order valence-electron chi connectivity index (χ2n) is 23.4. The molecule has 1 amide bonds. The number of amides is 1. The first-order valence-electron chi connectivity index (χ1n) is 24.9. The number of epoxide rings is 1. The van der Waals surface area contributed by atoms with E-state index < -0.39 is 68.4 Å². The van der Waals surface area contributed by atoms with E-state index in [9.17, 15) is 30.6 Å². The molecule has 0 radical (unpaired) electrons. The highest BCUT2D eigenvalue weighted by molar-refractivity contribution is 8.76. The maximum atomic E-state index is 15.5. The van der Waals surface area contributed by atoms with Crippen LogP contribution in [0.25, 0.3) is 0 Å². The maximum absolute atomic E-state index is 15.5. The Morgan fingerprint density at radius 1 is 0.891 bits per heavy atom. The number of phenolic OH excluding ortho intramolecular Hbond substituents is 1. The zero-order valence-electron chi connectivity index (χ0n) is 38.2. The number of allylic oxidation sites excluding steroid dienone is 2. The number of hydrogen-bond acceptors (Lipinski definition) is 11. The van der Waals surface area contributed by atoms with E-state index in [0.717, 1.165) is 62.6 Å². The van der Waals surface area contributed by atoms with Crippen molar-refractivity contribution in [3.63, 3.8) is 0 Å². The minimum absolute atomic E-state index is 0.0623. The van der Waals surface area contributed by atoms with Gasteiger partial charge in [0.15, 0.2) is 5.78 Å². The number of carbonyl (C=O) groups is 2. The van der Waals surface area contributed by atoms with Crippen LogP contribution in [0.15, 0.2) is 42.0 Å². The first kappa shape index (κ1) is 44.6. The minimum atomic E-state index is -1.54. The molecule has 12 heteroatoms. The molecule has 5 aliphatic heterocycles. The van der Waals surface area contributed by atoms with Crippen LogP contribution in [-0.2, 0) is 20.7 Å². The van der Waals surface area contributed by atoms with E-state index in [2.05, 4.69) is 39.0 Å². The largest absolute Gasteiger partial charge is 0.508 e. The summed E-state index contributed by atoms with van der Waals surface area (Å²) in [5.41, 5.74) is -6.03. The molecule has 5 heterocycles. The van der Waals surface area contributed by atoms with Gasteiger partial charge in [0.1, 0.15) is 22.9 Å². The third-order valence-electron chi connectivity index (χ3n) is 20.9. The van der Waals surface area contributed by atoms with Gasteiger partial charge in [0, 0.05) is 40.8 Å². The van der Waals surface area contributed by atoms with E-state index in [1.807, 2.05) is 11.8 Å². The number of phenols is 1. The van der Waals surface area contributed by atoms with Crippen LogP contribution in [0.5, 0.6) is 5.75 Å². The van der Waals surface area contributed by atoms with Gasteiger partial charge in [-0.2, -0.15) is 0 Å². The number of aryl methyl sites for hydroxylation is 1. The molecule has 64 heavy (non-hydrogen) atoms. The van der Waals surface area contributed by atoms with E-state index in [0.29, 0.717) is 62.3 Å². The predicted octanol–water partition coefficient (Wildman–Crippen LogP) is 7.65. The molecule has 16 atom stereocenters. The van der Waals surface area contributed by atoms with E-state index in [1.54, 1.807) is 29.0 Å². The smallest absolute Gasteiger partial charge is 0.234 e. The van der Waals surface area contributed by atoms with Gasteiger partial charge < -0.3 is 40.3 Å². The molecule has 10 nitrogen and oxygen atoms in total. The van der Waals surface area contributed by atoms with Crippen molar-refractivity contribution in [1.29, 1.82) is 0 Å². The Bertz CT molecular complexity index is 2160. The molecule has 350 valence electrons. The Labute approximate surface area is 386 Å². The summed E-state index contributed by atoms with van der Waals surface area (Å²) in [6.45, 7) is 9.18. The molecule has 7 fully saturated rings. The molecule has 16 unspecified atom stereocenters. The third-order valence-corrected chi connectivity index (χ3v) is 23.6. The Hall–Kier alpha value is -1.90. The van der Waals surface area contributed by atoms with Crippen LogP contribution < -0.4 is 4.90 Å². The molecule has 8 bridgehead atoms. The zero-order valence-corrected chi connectivity index (χ0v) is 39.8. The van der Waals surface area contributed by atoms with Crippen LogP contribution in [0.1, 0.15) is 130 Å². The Balaban J connectivity index is 1.10. The lowest BCUT2D eigenvalue weighted by molar-refractivity contribution is -0.206. The average molecular weight is 918 g/mol. The van der Waals surface area contributed by atoms with Gasteiger partial charge in [-0.15, -0.1) is 0 Å². The second-order valence-corrected chi connectivity index (χ2v) is 25.9. The molecular weight excluding hydrogens is 847 g/mol. The fourth-order valence-electron chi connectivity index (χ4n) is 17.4. The monoisotopic (exact) mass is 917 g/mol. The molecular formula is C52H71NO9S2. The highest BCUT2D eigenvalue weighted by Gasteiger charge is 2.78. The van der Waals surface area contributed by atoms with Crippen molar-refractivity contribution in [3.05, 3.63) is 47.6 Å². The summed E-state index contributed by atoms with van der Waals surface area (Å²) in [6.07, 6.45) is 13.6. The number of anilines is 1. The number of carbonyl (C=O) groups excluding carboxylic acids is 2. The maximum Gasteiger partial charge on any atom is 0.234 e. The number of nitrogens with zero attached hydrogens (tertiary/aromatic N) is 1. The van der Waals surface area contributed by atoms with Gasteiger partial charge in [-0.3, -0.25) is 9.59 Å². The van der Waals surface area contributed by atoms with Crippen LogP contribution in [-0.4, -0.2) is 95.7 Å². The molecule has 13 rings (SSSR count). The Morgan fingerprint density at radius 2 is 1.64 bits per heavy atom. The van der Waals surface area contributed by atoms with Crippen LogP contribution in [0.3, 0.4) is 0 Å². The SMILES string of the molecule is CC(C)C(C)C1OC1C1(O)CC=CC2CC3C4=CC(=O)C5(CC(O)C(O)CC35C)C(O)SSCC3CCCCC35C(=O)N(CC53CCCC3)c3cc(O)cc(c3)CCC23C1CCC43O. The van der Waals surface area contributed by atoms with Gasteiger partial charge in [-0.05, 0) is 141 Å². The van der Waals surface area contributed by atoms with Gasteiger partial charge >= 0.3 is 0 Å². The number of fused-ring (bicyclic) bond motifs is 1. The molecule has 4 spiro atoms. The lowest BCUT2D eigenvalue weighted by Crippen LogP contribution is -2.70. The van der Waals surface area contributed by atoms with Gasteiger partial charge in [0.2, 0.25) is 5.91 Å². The van der Waals surface area contributed by atoms with E-state index >= 15 is 9.59 Å². The number of aliphatic hydroxyl groups excluding tert-OH is 3. The summed E-state index contributed by atoms with van der Waals surface area (Å²) >= 11 is 0. The van der Waals surface area contributed by atoms with Crippen molar-refractivity contribution < 1.29 is 45.0 Å². The number of aliphatic hydroxyl groups is 5. The van der Waals surface area contributed by atoms with Crippen molar-refractivity contribution in [2.75, 3.05) is 17.2 Å². The fraction of sp³-hybridized carbons (Fsp3) is 0.769. The van der Waals surface area contributed by atoms with E-state index in [-0.39, 0.29) is 59.6 Å². The highest BCUT2D eigenvalue weighted by Crippen LogP contribution is 2.76. The summed E-state index contributed by atoms with van der Waals surface area (Å²) in [5, 5.41) is 74.8. The lowest BCUT2D eigenvalue weighted by Gasteiger charge is -2.66. The minimum Gasteiger partial charge on any atom is -0.508 e. The lowest BCUT2D eigenvalue weighted by atomic mass is 9.39. The highest BCUT2D eigenvalue weighted by atomic mass is 33.1. The second kappa shape index (κ2) is 15.0. The quantitative estimate of drug-likeness (QED) is 0.100. The molecule has 7 aliphatic carbocycles. The van der Waals surface area contributed by atoms with Crippen molar-refractivity contribution in [3.8, 4) is 5.75 Å². The molecule has 6 N–H and O–H groups in total. The van der Waals surface area contributed by atoms with Gasteiger partial charge in [-0.1, -0.05) is 87.1 Å². The number of benzene rings is 1. The zero-order chi connectivity index (χ0) is 45.0. The molecule has 1 aromatic rings. The Kier molecular flexibility index (Phi) is 10.5. The Morgan fingerprint density at radius 3 is 2.41 bits per heavy atom. The molecule has 1 aromatic carbocycles. The van der Waals surface area contributed by atoms with Crippen molar-refractivity contribution in [2.45, 2.75) is 171 Å². The molecule has 12 aliphatic rings. The van der Waals surface area contributed by atoms with Gasteiger partial charge in [0.05, 0.1) is 34.7 Å². The van der Waals surface area contributed by atoms with Crippen LogP contribution >= 0.6 is 21.6 Å². The average Bonchev–Trinajstić information content (AvgIpc) is 3.76.